The standard InChI is InChI=1S/C20H26N6/c1-13-9-14(2)12-26(11-13)20-23-18(16-10-21-25(4)19(16)24-20)22-17-8-6-5-7-15(17)3/h5-8,10,13-14H,9,11-12H2,1-4H3,(H,22,23,24)/t13-,14-/m0/s1. The summed E-state index contributed by atoms with van der Waals surface area (Å²) in [4.78, 5) is 12.0. The van der Waals surface area contributed by atoms with Gasteiger partial charge >= 0.3 is 0 Å². The molecule has 6 nitrogen and oxygen atoms in total. The lowest BCUT2D eigenvalue weighted by Crippen LogP contribution is -2.39. The summed E-state index contributed by atoms with van der Waals surface area (Å²) in [6.45, 7) is 8.70. The van der Waals surface area contributed by atoms with Gasteiger partial charge in [-0.15, -0.1) is 0 Å². The molecule has 0 saturated carbocycles. The van der Waals surface area contributed by atoms with Crippen molar-refractivity contribution in [2.24, 2.45) is 18.9 Å². The van der Waals surface area contributed by atoms with Crippen LogP contribution in [0.3, 0.4) is 0 Å². The van der Waals surface area contributed by atoms with Crippen LogP contribution >= 0.6 is 0 Å². The number of para-hydroxylation sites is 1. The third kappa shape index (κ3) is 3.11. The van der Waals surface area contributed by atoms with E-state index >= 15 is 0 Å². The van der Waals surface area contributed by atoms with Gasteiger partial charge in [0.2, 0.25) is 5.95 Å². The van der Waals surface area contributed by atoms with Crippen molar-refractivity contribution >= 4 is 28.5 Å². The second-order valence-corrected chi connectivity index (χ2v) is 7.67. The van der Waals surface area contributed by atoms with Crippen LogP contribution in [0.25, 0.3) is 11.0 Å². The number of hydrogen-bond acceptors (Lipinski definition) is 5. The second kappa shape index (κ2) is 6.59. The number of fused-ring (bicyclic) bond motifs is 1. The first kappa shape index (κ1) is 16.8. The Hall–Kier alpha value is -2.63. The van der Waals surface area contributed by atoms with E-state index in [-0.39, 0.29) is 0 Å². The van der Waals surface area contributed by atoms with Gasteiger partial charge in [-0.1, -0.05) is 32.0 Å². The monoisotopic (exact) mass is 350 g/mol. The van der Waals surface area contributed by atoms with Gasteiger partial charge < -0.3 is 10.2 Å². The molecule has 4 rings (SSSR count). The highest BCUT2D eigenvalue weighted by atomic mass is 15.3. The molecule has 2 atom stereocenters. The largest absolute Gasteiger partial charge is 0.340 e. The van der Waals surface area contributed by atoms with Crippen LogP contribution in [-0.2, 0) is 7.05 Å². The molecule has 1 aliphatic heterocycles. The molecule has 3 aromatic rings. The minimum absolute atomic E-state index is 0.650. The molecule has 26 heavy (non-hydrogen) atoms. The van der Waals surface area contributed by atoms with Crippen molar-refractivity contribution < 1.29 is 0 Å². The second-order valence-electron chi connectivity index (χ2n) is 7.67. The molecule has 1 aromatic carbocycles. The lowest BCUT2D eigenvalue weighted by Gasteiger charge is -2.35. The van der Waals surface area contributed by atoms with Gasteiger partial charge in [0.15, 0.2) is 5.65 Å². The van der Waals surface area contributed by atoms with E-state index < -0.39 is 0 Å². The minimum atomic E-state index is 0.650. The van der Waals surface area contributed by atoms with Crippen molar-refractivity contribution in [3.8, 4) is 0 Å². The molecule has 0 spiro atoms. The Morgan fingerprint density at radius 2 is 1.81 bits per heavy atom. The number of piperidine rings is 1. The SMILES string of the molecule is Cc1ccccc1Nc1nc(N2C[C@@H](C)C[C@H](C)C2)nc2c1cnn2C. The van der Waals surface area contributed by atoms with Crippen molar-refractivity contribution in [1.29, 1.82) is 0 Å². The van der Waals surface area contributed by atoms with Gasteiger partial charge in [0.25, 0.3) is 0 Å². The Balaban J connectivity index is 1.78. The van der Waals surface area contributed by atoms with E-state index in [0.717, 1.165) is 41.6 Å². The molecule has 3 heterocycles. The van der Waals surface area contributed by atoms with Crippen LogP contribution in [0.1, 0.15) is 25.8 Å². The number of anilines is 3. The van der Waals surface area contributed by atoms with Gasteiger partial charge in [0, 0.05) is 25.8 Å². The van der Waals surface area contributed by atoms with Crippen molar-refractivity contribution in [3.63, 3.8) is 0 Å². The van der Waals surface area contributed by atoms with E-state index in [1.807, 2.05) is 30.1 Å². The molecule has 6 heteroatoms. The summed E-state index contributed by atoms with van der Waals surface area (Å²) < 4.78 is 1.82. The zero-order chi connectivity index (χ0) is 18.3. The summed E-state index contributed by atoms with van der Waals surface area (Å²) in [7, 11) is 1.93. The van der Waals surface area contributed by atoms with E-state index in [0.29, 0.717) is 11.8 Å². The first-order chi connectivity index (χ1) is 12.5. The molecule has 0 bridgehead atoms. The van der Waals surface area contributed by atoms with Crippen LogP contribution in [0.2, 0.25) is 0 Å². The highest BCUT2D eigenvalue weighted by Gasteiger charge is 2.25. The van der Waals surface area contributed by atoms with Crippen LogP contribution in [0.4, 0.5) is 17.5 Å². The van der Waals surface area contributed by atoms with E-state index in [1.54, 1.807) is 0 Å². The highest BCUT2D eigenvalue weighted by molar-refractivity contribution is 5.89. The van der Waals surface area contributed by atoms with Crippen LogP contribution in [0.5, 0.6) is 0 Å². The summed E-state index contributed by atoms with van der Waals surface area (Å²) in [5.41, 5.74) is 3.10. The summed E-state index contributed by atoms with van der Waals surface area (Å²) in [6, 6.07) is 8.25. The number of aromatic nitrogens is 4. The molecule has 0 radical (unpaired) electrons. The third-order valence-electron chi connectivity index (χ3n) is 5.13. The average Bonchev–Trinajstić information content (AvgIpc) is 2.97. The molecule has 0 amide bonds. The summed E-state index contributed by atoms with van der Waals surface area (Å²) >= 11 is 0. The zero-order valence-corrected chi connectivity index (χ0v) is 15.9. The summed E-state index contributed by atoms with van der Waals surface area (Å²) in [5.74, 6) is 2.91. The third-order valence-corrected chi connectivity index (χ3v) is 5.13. The average molecular weight is 350 g/mol. The molecular formula is C20H26N6. The number of nitrogens with zero attached hydrogens (tertiary/aromatic N) is 5. The summed E-state index contributed by atoms with van der Waals surface area (Å²) in [5, 5.41) is 8.83. The predicted molar refractivity (Wildman–Crippen MR) is 106 cm³/mol. The summed E-state index contributed by atoms with van der Waals surface area (Å²) in [6.07, 6.45) is 3.10. The maximum atomic E-state index is 4.89. The van der Waals surface area contributed by atoms with Gasteiger partial charge in [-0.05, 0) is 36.8 Å². The molecule has 2 aromatic heterocycles. The van der Waals surface area contributed by atoms with Gasteiger partial charge in [-0.2, -0.15) is 15.1 Å². The van der Waals surface area contributed by atoms with E-state index in [1.165, 1.54) is 12.0 Å². The van der Waals surface area contributed by atoms with Crippen LogP contribution < -0.4 is 10.2 Å². The molecule has 1 fully saturated rings. The molecular weight excluding hydrogens is 324 g/mol. The minimum Gasteiger partial charge on any atom is -0.340 e. The lowest BCUT2D eigenvalue weighted by atomic mass is 9.92. The molecule has 1 saturated heterocycles. The smallest absolute Gasteiger partial charge is 0.229 e. The fourth-order valence-electron chi connectivity index (χ4n) is 3.91. The molecule has 1 aliphatic rings. The number of hydrogen-bond donors (Lipinski definition) is 1. The Morgan fingerprint density at radius 3 is 2.54 bits per heavy atom. The normalized spacial score (nSPS) is 20.5. The fraction of sp³-hybridized carbons (Fsp3) is 0.450. The maximum Gasteiger partial charge on any atom is 0.229 e. The van der Waals surface area contributed by atoms with E-state index in [4.69, 9.17) is 9.97 Å². The Labute approximate surface area is 154 Å². The molecule has 136 valence electrons. The predicted octanol–water partition coefficient (Wildman–Crippen LogP) is 3.90. The van der Waals surface area contributed by atoms with E-state index in [9.17, 15) is 0 Å². The van der Waals surface area contributed by atoms with Crippen LogP contribution in [0, 0.1) is 18.8 Å². The van der Waals surface area contributed by atoms with Crippen molar-refractivity contribution in [2.45, 2.75) is 27.2 Å². The zero-order valence-electron chi connectivity index (χ0n) is 15.9. The van der Waals surface area contributed by atoms with Crippen molar-refractivity contribution in [1.82, 2.24) is 19.7 Å². The van der Waals surface area contributed by atoms with Gasteiger partial charge in [0.05, 0.1) is 11.6 Å². The number of nitrogens with one attached hydrogen (secondary N) is 1. The maximum absolute atomic E-state index is 4.89. The van der Waals surface area contributed by atoms with Crippen molar-refractivity contribution in [3.05, 3.63) is 36.0 Å². The first-order valence-electron chi connectivity index (χ1n) is 9.28. The van der Waals surface area contributed by atoms with Crippen molar-refractivity contribution in [2.75, 3.05) is 23.3 Å². The Kier molecular flexibility index (Phi) is 4.26. The van der Waals surface area contributed by atoms with Crippen LogP contribution in [-0.4, -0.2) is 32.8 Å². The quantitative estimate of drug-likeness (QED) is 0.776. The number of aryl methyl sites for hydroxylation is 2. The lowest BCUT2D eigenvalue weighted by molar-refractivity contribution is 0.354. The molecule has 0 aliphatic carbocycles. The van der Waals surface area contributed by atoms with Gasteiger partial charge in [-0.25, -0.2) is 0 Å². The van der Waals surface area contributed by atoms with E-state index in [2.05, 4.69) is 48.2 Å². The van der Waals surface area contributed by atoms with Crippen LogP contribution in [0.15, 0.2) is 30.5 Å². The fourth-order valence-corrected chi connectivity index (χ4v) is 3.91. The van der Waals surface area contributed by atoms with Gasteiger partial charge in [-0.3, -0.25) is 4.68 Å². The first-order valence-corrected chi connectivity index (χ1v) is 9.28. The Morgan fingerprint density at radius 1 is 1.08 bits per heavy atom. The highest BCUT2D eigenvalue weighted by Crippen LogP contribution is 2.30. The molecule has 0 unspecified atom stereocenters. The Bertz CT molecular complexity index is 921. The topological polar surface area (TPSA) is 58.9 Å². The van der Waals surface area contributed by atoms with Gasteiger partial charge in [0.1, 0.15) is 5.82 Å². The number of benzene rings is 1. The molecule has 1 N–H and O–H groups in total. The number of rotatable bonds is 3.